The molecule has 3 heterocycles. The zero-order valence-corrected chi connectivity index (χ0v) is 13.8. The SMILES string of the molecule is Cc1cc(CNC(=O)N[C@H]2CCN(c3ncccc3F)C2)n(C)n1. The number of anilines is 1. The minimum Gasteiger partial charge on any atom is -0.352 e. The Morgan fingerprint density at radius 3 is 3.04 bits per heavy atom. The summed E-state index contributed by atoms with van der Waals surface area (Å²) in [6.45, 7) is 3.54. The Kier molecular flexibility index (Phi) is 4.64. The van der Waals surface area contributed by atoms with Crippen LogP contribution in [0.15, 0.2) is 24.4 Å². The van der Waals surface area contributed by atoms with Crippen molar-refractivity contribution < 1.29 is 9.18 Å². The van der Waals surface area contributed by atoms with E-state index in [0.29, 0.717) is 25.5 Å². The number of hydrogen-bond acceptors (Lipinski definition) is 4. The zero-order chi connectivity index (χ0) is 17.1. The summed E-state index contributed by atoms with van der Waals surface area (Å²) >= 11 is 0. The fourth-order valence-electron chi connectivity index (χ4n) is 2.92. The van der Waals surface area contributed by atoms with Crippen LogP contribution in [0.25, 0.3) is 0 Å². The predicted molar refractivity (Wildman–Crippen MR) is 88.1 cm³/mol. The molecule has 0 radical (unpaired) electrons. The Bertz CT molecular complexity index is 731. The maximum atomic E-state index is 13.8. The number of pyridine rings is 1. The lowest BCUT2D eigenvalue weighted by Crippen LogP contribution is -2.43. The summed E-state index contributed by atoms with van der Waals surface area (Å²) in [5.41, 5.74) is 1.85. The van der Waals surface area contributed by atoms with Crippen molar-refractivity contribution in [2.75, 3.05) is 18.0 Å². The first-order chi connectivity index (χ1) is 11.5. The van der Waals surface area contributed by atoms with Crippen molar-refractivity contribution in [2.24, 2.45) is 7.05 Å². The molecular formula is C16H21FN6O. The first-order valence-electron chi connectivity index (χ1n) is 7.92. The van der Waals surface area contributed by atoms with Gasteiger partial charge in [0.1, 0.15) is 0 Å². The highest BCUT2D eigenvalue weighted by molar-refractivity contribution is 5.74. The third kappa shape index (κ3) is 3.64. The summed E-state index contributed by atoms with van der Waals surface area (Å²) in [5, 5.41) is 9.99. The highest BCUT2D eigenvalue weighted by Gasteiger charge is 2.26. The Morgan fingerprint density at radius 1 is 1.50 bits per heavy atom. The second-order valence-electron chi connectivity index (χ2n) is 5.97. The van der Waals surface area contributed by atoms with Gasteiger partial charge in [0.2, 0.25) is 0 Å². The maximum Gasteiger partial charge on any atom is 0.315 e. The molecule has 1 atom stereocenters. The van der Waals surface area contributed by atoms with Crippen LogP contribution in [-0.4, -0.2) is 39.9 Å². The third-order valence-electron chi connectivity index (χ3n) is 4.09. The Hall–Kier alpha value is -2.64. The van der Waals surface area contributed by atoms with Gasteiger partial charge < -0.3 is 15.5 Å². The van der Waals surface area contributed by atoms with Gasteiger partial charge in [0.15, 0.2) is 11.6 Å². The van der Waals surface area contributed by atoms with Gasteiger partial charge in [0.25, 0.3) is 0 Å². The van der Waals surface area contributed by atoms with Gasteiger partial charge in [-0.25, -0.2) is 14.2 Å². The molecule has 2 amide bonds. The number of hydrogen-bond donors (Lipinski definition) is 2. The van der Waals surface area contributed by atoms with E-state index in [9.17, 15) is 9.18 Å². The second kappa shape index (κ2) is 6.86. The van der Waals surface area contributed by atoms with E-state index in [-0.39, 0.29) is 17.9 Å². The van der Waals surface area contributed by atoms with E-state index >= 15 is 0 Å². The Morgan fingerprint density at radius 2 is 2.33 bits per heavy atom. The summed E-state index contributed by atoms with van der Waals surface area (Å²) in [5.74, 6) is 0.00162. The van der Waals surface area contributed by atoms with E-state index in [2.05, 4.69) is 20.7 Å². The van der Waals surface area contributed by atoms with Crippen molar-refractivity contribution in [3.8, 4) is 0 Å². The Labute approximate surface area is 139 Å². The first kappa shape index (κ1) is 16.2. The lowest BCUT2D eigenvalue weighted by molar-refractivity contribution is 0.237. The van der Waals surface area contributed by atoms with Crippen molar-refractivity contribution in [3.05, 3.63) is 41.6 Å². The quantitative estimate of drug-likeness (QED) is 0.886. The minimum atomic E-state index is -0.339. The largest absolute Gasteiger partial charge is 0.352 e. The molecule has 0 spiro atoms. The molecule has 2 N–H and O–H groups in total. The van der Waals surface area contributed by atoms with Gasteiger partial charge in [0.05, 0.1) is 17.9 Å². The first-order valence-corrected chi connectivity index (χ1v) is 7.92. The highest BCUT2D eigenvalue weighted by Crippen LogP contribution is 2.20. The fraction of sp³-hybridized carbons (Fsp3) is 0.438. The minimum absolute atomic E-state index is 0.0281. The van der Waals surface area contributed by atoms with E-state index in [1.165, 1.54) is 6.07 Å². The standard InChI is InChI=1S/C16H21FN6O/c1-11-8-13(22(2)21-11)9-19-16(24)20-12-5-7-23(10-12)15-14(17)4-3-6-18-15/h3-4,6,8,12H,5,7,9-10H2,1-2H3,(H2,19,20,24)/t12-/m0/s1. The van der Waals surface area contributed by atoms with Crippen LogP contribution < -0.4 is 15.5 Å². The molecule has 7 nitrogen and oxygen atoms in total. The summed E-state index contributed by atoms with van der Waals surface area (Å²) in [6.07, 6.45) is 2.33. The number of aromatic nitrogens is 3. The van der Waals surface area contributed by atoms with Crippen LogP contribution in [0.4, 0.5) is 15.0 Å². The molecule has 0 aliphatic carbocycles. The molecule has 0 unspecified atom stereocenters. The molecule has 2 aromatic rings. The van der Waals surface area contributed by atoms with Crippen LogP contribution >= 0.6 is 0 Å². The topological polar surface area (TPSA) is 75.1 Å². The monoisotopic (exact) mass is 332 g/mol. The lowest BCUT2D eigenvalue weighted by atomic mass is 10.3. The summed E-state index contributed by atoms with van der Waals surface area (Å²) < 4.78 is 15.5. The Balaban J connectivity index is 1.49. The van der Waals surface area contributed by atoms with Crippen LogP contribution in [0.5, 0.6) is 0 Å². The third-order valence-corrected chi connectivity index (χ3v) is 4.09. The van der Waals surface area contributed by atoms with Crippen LogP contribution in [0.2, 0.25) is 0 Å². The van der Waals surface area contributed by atoms with Gasteiger partial charge in [0, 0.05) is 32.4 Å². The molecule has 1 aliphatic rings. The van der Waals surface area contributed by atoms with Crippen molar-refractivity contribution in [1.29, 1.82) is 0 Å². The van der Waals surface area contributed by atoms with E-state index in [1.807, 2.05) is 24.9 Å². The van der Waals surface area contributed by atoms with Crippen LogP contribution in [-0.2, 0) is 13.6 Å². The van der Waals surface area contributed by atoms with E-state index < -0.39 is 0 Å². The van der Waals surface area contributed by atoms with Gasteiger partial charge in [-0.05, 0) is 31.5 Å². The molecular weight excluding hydrogens is 311 g/mol. The number of halogens is 1. The molecule has 0 aromatic carbocycles. The molecule has 1 fully saturated rings. The predicted octanol–water partition coefficient (Wildman–Crippen LogP) is 1.34. The molecule has 0 bridgehead atoms. The fourth-order valence-corrected chi connectivity index (χ4v) is 2.92. The second-order valence-corrected chi connectivity index (χ2v) is 5.97. The maximum absolute atomic E-state index is 13.8. The van der Waals surface area contributed by atoms with Gasteiger partial charge in [-0.1, -0.05) is 0 Å². The number of nitrogens with zero attached hydrogens (tertiary/aromatic N) is 4. The van der Waals surface area contributed by atoms with Crippen LogP contribution in [0.3, 0.4) is 0 Å². The van der Waals surface area contributed by atoms with Crippen molar-refractivity contribution in [1.82, 2.24) is 25.4 Å². The highest BCUT2D eigenvalue weighted by atomic mass is 19.1. The zero-order valence-electron chi connectivity index (χ0n) is 13.8. The number of carbonyl (C=O) groups excluding carboxylic acids is 1. The molecule has 128 valence electrons. The van der Waals surface area contributed by atoms with Crippen LogP contribution in [0.1, 0.15) is 17.8 Å². The number of carbonyl (C=O) groups is 1. The molecule has 2 aromatic heterocycles. The summed E-state index contributed by atoms with van der Waals surface area (Å²) in [6, 6.07) is 4.63. The molecule has 24 heavy (non-hydrogen) atoms. The van der Waals surface area contributed by atoms with E-state index in [4.69, 9.17) is 0 Å². The number of rotatable bonds is 4. The average Bonchev–Trinajstić information content (AvgIpc) is 3.12. The number of amides is 2. The van der Waals surface area contributed by atoms with Crippen molar-refractivity contribution in [2.45, 2.75) is 25.9 Å². The van der Waals surface area contributed by atoms with Gasteiger partial charge >= 0.3 is 6.03 Å². The lowest BCUT2D eigenvalue weighted by Gasteiger charge is -2.18. The van der Waals surface area contributed by atoms with E-state index in [0.717, 1.165) is 17.8 Å². The molecule has 1 aliphatic heterocycles. The molecule has 3 rings (SSSR count). The number of urea groups is 1. The number of aryl methyl sites for hydroxylation is 2. The van der Waals surface area contributed by atoms with Crippen LogP contribution in [0, 0.1) is 12.7 Å². The van der Waals surface area contributed by atoms with Gasteiger partial charge in [-0.3, -0.25) is 4.68 Å². The smallest absolute Gasteiger partial charge is 0.315 e. The summed E-state index contributed by atoms with van der Waals surface area (Å²) in [4.78, 5) is 18.0. The van der Waals surface area contributed by atoms with Crippen molar-refractivity contribution in [3.63, 3.8) is 0 Å². The number of nitrogens with one attached hydrogen (secondary N) is 2. The molecule has 8 heteroatoms. The normalized spacial score (nSPS) is 17.1. The summed E-state index contributed by atoms with van der Waals surface area (Å²) in [7, 11) is 1.85. The van der Waals surface area contributed by atoms with Gasteiger partial charge in [-0.15, -0.1) is 0 Å². The van der Waals surface area contributed by atoms with Crippen molar-refractivity contribution >= 4 is 11.8 Å². The van der Waals surface area contributed by atoms with E-state index in [1.54, 1.807) is 16.9 Å². The molecule has 0 saturated carbocycles. The molecule has 1 saturated heterocycles. The van der Waals surface area contributed by atoms with Gasteiger partial charge in [-0.2, -0.15) is 5.10 Å². The average molecular weight is 332 g/mol.